The molecule has 0 unspecified atom stereocenters. The predicted octanol–water partition coefficient (Wildman–Crippen LogP) is 3.16. The molecule has 3 rings (SSSR count). The van der Waals surface area contributed by atoms with E-state index in [0.29, 0.717) is 22.3 Å². The fraction of sp³-hybridized carbons (Fsp3) is 0.133. The molecule has 6 nitrogen and oxygen atoms in total. The Morgan fingerprint density at radius 1 is 1.19 bits per heavy atom. The molecule has 0 aliphatic rings. The summed E-state index contributed by atoms with van der Waals surface area (Å²) in [7, 11) is 3.34. The van der Waals surface area contributed by atoms with E-state index in [1.54, 1.807) is 24.9 Å². The Bertz CT molecular complexity index is 839. The number of nitro benzene ring substituents is 1. The summed E-state index contributed by atoms with van der Waals surface area (Å²) in [4.78, 5) is 10.9. The van der Waals surface area contributed by atoms with Crippen molar-refractivity contribution in [3.8, 4) is 17.0 Å². The average Bonchev–Trinajstić information content (AvgIpc) is 2.84. The van der Waals surface area contributed by atoms with E-state index < -0.39 is 0 Å². The van der Waals surface area contributed by atoms with Crippen molar-refractivity contribution < 1.29 is 9.66 Å². The molecule has 3 aromatic rings. The van der Waals surface area contributed by atoms with Gasteiger partial charge in [-0.2, -0.15) is 5.10 Å². The summed E-state index contributed by atoms with van der Waals surface area (Å²) in [5, 5.41) is 16.3. The van der Waals surface area contributed by atoms with Gasteiger partial charge in [0.05, 0.1) is 17.5 Å². The van der Waals surface area contributed by atoms with Crippen LogP contribution in [0.1, 0.15) is 0 Å². The summed E-state index contributed by atoms with van der Waals surface area (Å²) in [6.07, 6.45) is 0. The van der Waals surface area contributed by atoms with E-state index in [0.717, 1.165) is 5.56 Å². The molecule has 0 saturated heterocycles. The number of nitrogens with zero attached hydrogens (tertiary/aromatic N) is 3. The standard InChI is InChI=1S/C15H13N3O3/c1-17-11-7-5-8-12(18(19)20)14(11)15(16-17)10-6-3-4-9-13(10)21-2/h3-9H,1-2H3. The highest BCUT2D eigenvalue weighted by atomic mass is 16.6. The molecule has 0 aliphatic heterocycles. The zero-order valence-electron chi connectivity index (χ0n) is 11.6. The van der Waals surface area contributed by atoms with Crippen LogP contribution in [0.2, 0.25) is 0 Å². The number of aryl methyl sites for hydroxylation is 1. The van der Waals surface area contributed by atoms with E-state index in [9.17, 15) is 10.1 Å². The first kappa shape index (κ1) is 13.1. The van der Waals surface area contributed by atoms with Gasteiger partial charge >= 0.3 is 0 Å². The van der Waals surface area contributed by atoms with Crippen molar-refractivity contribution in [3.05, 3.63) is 52.6 Å². The van der Waals surface area contributed by atoms with Crippen molar-refractivity contribution >= 4 is 16.6 Å². The van der Waals surface area contributed by atoms with Crippen molar-refractivity contribution in [2.24, 2.45) is 7.05 Å². The van der Waals surface area contributed by atoms with E-state index >= 15 is 0 Å². The number of non-ortho nitro benzene ring substituents is 1. The van der Waals surface area contributed by atoms with Crippen molar-refractivity contribution in [1.29, 1.82) is 0 Å². The number of benzene rings is 2. The van der Waals surface area contributed by atoms with Gasteiger partial charge in [-0.05, 0) is 18.2 Å². The smallest absolute Gasteiger partial charge is 0.281 e. The van der Waals surface area contributed by atoms with E-state index in [1.807, 2.05) is 30.3 Å². The average molecular weight is 283 g/mol. The molecule has 2 aromatic carbocycles. The van der Waals surface area contributed by atoms with Gasteiger partial charge in [-0.3, -0.25) is 14.8 Å². The predicted molar refractivity (Wildman–Crippen MR) is 79.4 cm³/mol. The number of para-hydroxylation sites is 1. The molecule has 0 bridgehead atoms. The van der Waals surface area contributed by atoms with Crippen LogP contribution in [0.3, 0.4) is 0 Å². The zero-order valence-corrected chi connectivity index (χ0v) is 11.6. The van der Waals surface area contributed by atoms with Gasteiger partial charge in [0.1, 0.15) is 16.8 Å². The van der Waals surface area contributed by atoms with E-state index in [1.165, 1.54) is 6.07 Å². The van der Waals surface area contributed by atoms with Crippen LogP contribution in [0.25, 0.3) is 22.2 Å². The number of hydrogen-bond donors (Lipinski definition) is 0. The summed E-state index contributed by atoms with van der Waals surface area (Å²) < 4.78 is 6.98. The number of ether oxygens (including phenoxy) is 1. The fourth-order valence-corrected chi connectivity index (χ4v) is 2.48. The Morgan fingerprint density at radius 3 is 2.67 bits per heavy atom. The third-order valence-electron chi connectivity index (χ3n) is 3.41. The van der Waals surface area contributed by atoms with Crippen LogP contribution < -0.4 is 4.74 Å². The maximum atomic E-state index is 11.3. The number of aromatic nitrogens is 2. The van der Waals surface area contributed by atoms with Crippen LogP contribution in [-0.4, -0.2) is 21.8 Å². The highest BCUT2D eigenvalue weighted by Crippen LogP contribution is 2.38. The summed E-state index contributed by atoms with van der Waals surface area (Å²) >= 11 is 0. The van der Waals surface area contributed by atoms with Crippen LogP contribution in [0.4, 0.5) is 5.69 Å². The molecule has 0 N–H and O–H groups in total. The largest absolute Gasteiger partial charge is 0.496 e. The Hall–Kier alpha value is -2.89. The molecule has 0 aliphatic carbocycles. The number of hydrogen-bond acceptors (Lipinski definition) is 4. The van der Waals surface area contributed by atoms with Crippen molar-refractivity contribution in [2.75, 3.05) is 7.11 Å². The summed E-state index contributed by atoms with van der Waals surface area (Å²) in [5.41, 5.74) is 2.05. The van der Waals surface area contributed by atoms with Gasteiger partial charge in [0.25, 0.3) is 5.69 Å². The molecule has 1 heterocycles. The highest BCUT2D eigenvalue weighted by Gasteiger charge is 2.22. The Morgan fingerprint density at radius 2 is 1.95 bits per heavy atom. The van der Waals surface area contributed by atoms with Crippen molar-refractivity contribution in [1.82, 2.24) is 9.78 Å². The van der Waals surface area contributed by atoms with Crippen LogP contribution >= 0.6 is 0 Å². The topological polar surface area (TPSA) is 70.2 Å². The van der Waals surface area contributed by atoms with Crippen molar-refractivity contribution in [2.45, 2.75) is 0 Å². The zero-order chi connectivity index (χ0) is 15.0. The molecular weight excluding hydrogens is 270 g/mol. The molecule has 0 saturated carbocycles. The van der Waals surface area contributed by atoms with Crippen molar-refractivity contribution in [3.63, 3.8) is 0 Å². The third kappa shape index (κ3) is 2.01. The first-order valence-corrected chi connectivity index (χ1v) is 6.37. The molecule has 0 radical (unpaired) electrons. The molecule has 0 atom stereocenters. The lowest BCUT2D eigenvalue weighted by Crippen LogP contribution is -1.91. The van der Waals surface area contributed by atoms with Gasteiger partial charge in [0.2, 0.25) is 0 Å². The van der Waals surface area contributed by atoms with Crippen LogP contribution in [0, 0.1) is 10.1 Å². The lowest BCUT2D eigenvalue weighted by atomic mass is 10.1. The molecule has 1 aromatic heterocycles. The second-order valence-electron chi connectivity index (χ2n) is 4.60. The van der Waals surface area contributed by atoms with Crippen LogP contribution in [0.15, 0.2) is 42.5 Å². The second-order valence-corrected chi connectivity index (χ2v) is 4.60. The van der Waals surface area contributed by atoms with E-state index in [2.05, 4.69) is 5.10 Å². The lowest BCUT2D eigenvalue weighted by Gasteiger charge is -2.05. The first-order valence-electron chi connectivity index (χ1n) is 6.37. The number of rotatable bonds is 3. The molecule has 21 heavy (non-hydrogen) atoms. The maximum absolute atomic E-state index is 11.3. The van der Waals surface area contributed by atoms with E-state index in [-0.39, 0.29) is 10.6 Å². The van der Waals surface area contributed by atoms with Gasteiger partial charge in [-0.15, -0.1) is 0 Å². The molecule has 0 spiro atoms. The Balaban J connectivity index is 2.41. The quantitative estimate of drug-likeness (QED) is 0.547. The van der Waals surface area contributed by atoms with Crippen LogP contribution in [0.5, 0.6) is 5.75 Å². The highest BCUT2D eigenvalue weighted by molar-refractivity contribution is 6.01. The van der Waals surface area contributed by atoms with Gasteiger partial charge in [-0.1, -0.05) is 18.2 Å². The number of fused-ring (bicyclic) bond motifs is 1. The summed E-state index contributed by atoms with van der Waals surface area (Å²) in [6.45, 7) is 0. The fourth-order valence-electron chi connectivity index (χ4n) is 2.48. The normalized spacial score (nSPS) is 10.8. The van der Waals surface area contributed by atoms with Gasteiger partial charge in [-0.25, -0.2) is 0 Å². The second kappa shape index (κ2) is 4.90. The molecule has 6 heteroatoms. The minimum Gasteiger partial charge on any atom is -0.496 e. The maximum Gasteiger partial charge on any atom is 0.281 e. The monoisotopic (exact) mass is 283 g/mol. The molecule has 0 amide bonds. The SMILES string of the molecule is COc1ccccc1-c1nn(C)c2cccc([N+](=O)[O-])c12. The number of methoxy groups -OCH3 is 1. The Labute approximate surface area is 120 Å². The molecule has 0 fully saturated rings. The van der Waals surface area contributed by atoms with Gasteiger partial charge in [0.15, 0.2) is 0 Å². The minimum atomic E-state index is -0.386. The third-order valence-corrected chi connectivity index (χ3v) is 3.41. The lowest BCUT2D eigenvalue weighted by molar-refractivity contribution is -0.383. The molecular formula is C15H13N3O3. The van der Waals surface area contributed by atoms with Gasteiger partial charge < -0.3 is 4.74 Å². The minimum absolute atomic E-state index is 0.0431. The summed E-state index contributed by atoms with van der Waals surface area (Å²) in [6, 6.07) is 12.3. The first-order chi connectivity index (χ1) is 10.1. The summed E-state index contributed by atoms with van der Waals surface area (Å²) in [5.74, 6) is 0.635. The van der Waals surface area contributed by atoms with Gasteiger partial charge in [0, 0.05) is 18.7 Å². The van der Waals surface area contributed by atoms with Crippen LogP contribution in [-0.2, 0) is 7.05 Å². The molecule has 106 valence electrons. The number of nitro groups is 1. The Kier molecular flexibility index (Phi) is 3.06. The van der Waals surface area contributed by atoms with E-state index in [4.69, 9.17) is 4.74 Å².